The van der Waals surface area contributed by atoms with Crippen molar-refractivity contribution in [3.8, 4) is 0 Å². The number of aliphatic carboxylic acids is 2. The average Bonchev–Trinajstić information content (AvgIpc) is 3.28. The van der Waals surface area contributed by atoms with Crippen molar-refractivity contribution in [1.29, 1.82) is 0 Å². The molecule has 170 valence electrons. The SMILES string of the molecule is O=C([O-])CNC(=O)C1=NC(c2cc[n+](C/C=C/C3=C(C(=O)O)N4C(=O)CC4SC3)cc2)=CC1.[Na+]. The third-order valence-electron chi connectivity index (χ3n) is 5.31. The first-order valence-corrected chi connectivity index (χ1v) is 11.2. The molecule has 1 unspecified atom stereocenters. The van der Waals surface area contributed by atoms with Gasteiger partial charge in [0.15, 0.2) is 18.9 Å². The molecule has 10 nitrogen and oxygen atoms in total. The Morgan fingerprint density at radius 2 is 2.06 bits per heavy atom. The third kappa shape index (κ3) is 5.66. The Morgan fingerprint density at radius 3 is 2.71 bits per heavy atom. The van der Waals surface area contributed by atoms with Crippen LogP contribution >= 0.6 is 11.8 Å². The fourth-order valence-corrected chi connectivity index (χ4v) is 4.88. The van der Waals surface area contributed by atoms with Crippen LogP contribution in [0.4, 0.5) is 0 Å². The first-order chi connectivity index (χ1) is 15.8. The Morgan fingerprint density at radius 1 is 1.32 bits per heavy atom. The van der Waals surface area contributed by atoms with Gasteiger partial charge in [-0.3, -0.25) is 14.5 Å². The first kappa shape index (κ1) is 25.9. The number of carbonyl (C=O) groups is 4. The van der Waals surface area contributed by atoms with Gasteiger partial charge in [0, 0.05) is 29.9 Å². The normalized spacial score (nSPS) is 19.1. The number of hydrogen-bond acceptors (Lipinski definition) is 7. The molecule has 4 heterocycles. The molecular weight excluding hydrogens is 471 g/mol. The van der Waals surface area contributed by atoms with Crippen LogP contribution in [0.15, 0.2) is 59.0 Å². The van der Waals surface area contributed by atoms with Crippen LogP contribution in [0.25, 0.3) is 5.70 Å². The molecule has 1 aromatic heterocycles. The Bertz CT molecular complexity index is 1160. The molecule has 1 fully saturated rings. The van der Waals surface area contributed by atoms with Gasteiger partial charge in [0.05, 0.1) is 30.0 Å². The van der Waals surface area contributed by atoms with E-state index in [0.29, 0.717) is 36.4 Å². The zero-order valence-electron chi connectivity index (χ0n) is 18.4. The van der Waals surface area contributed by atoms with Gasteiger partial charge in [-0.05, 0) is 11.6 Å². The van der Waals surface area contributed by atoms with Gasteiger partial charge in [-0.1, -0.05) is 12.2 Å². The number of rotatable bonds is 8. The summed E-state index contributed by atoms with van der Waals surface area (Å²) in [6.07, 6.45) is 9.75. The van der Waals surface area contributed by atoms with E-state index in [4.69, 9.17) is 0 Å². The number of nitrogens with zero attached hydrogens (tertiary/aromatic N) is 3. The monoisotopic (exact) mass is 491 g/mol. The fraction of sp³-hybridized carbons (Fsp3) is 0.273. The zero-order valence-corrected chi connectivity index (χ0v) is 21.2. The molecule has 2 amide bonds. The average molecular weight is 491 g/mol. The zero-order chi connectivity index (χ0) is 23.5. The van der Waals surface area contributed by atoms with Crippen LogP contribution in [-0.4, -0.2) is 57.1 Å². The van der Waals surface area contributed by atoms with E-state index >= 15 is 0 Å². The van der Waals surface area contributed by atoms with Gasteiger partial charge >= 0.3 is 35.5 Å². The Balaban J connectivity index is 0.00000324. The summed E-state index contributed by atoms with van der Waals surface area (Å²) >= 11 is 1.56. The summed E-state index contributed by atoms with van der Waals surface area (Å²) in [5.74, 6) is -2.62. The number of fused-ring (bicyclic) bond motifs is 1. The molecule has 1 saturated heterocycles. The maximum Gasteiger partial charge on any atom is 1.00 e. The second-order valence-electron chi connectivity index (χ2n) is 7.51. The summed E-state index contributed by atoms with van der Waals surface area (Å²) in [5.41, 5.74) is 2.35. The van der Waals surface area contributed by atoms with E-state index in [0.717, 1.165) is 5.56 Å². The minimum atomic E-state index is -1.37. The quantitative estimate of drug-likeness (QED) is 0.216. The van der Waals surface area contributed by atoms with Crippen molar-refractivity contribution in [3.05, 3.63) is 59.6 Å². The number of amides is 2. The molecule has 3 aliphatic rings. The molecular formula is C22H20N4NaO6S+. The number of carboxylic acid groups (broad SMARTS) is 2. The molecule has 0 bridgehead atoms. The van der Waals surface area contributed by atoms with Gasteiger partial charge in [-0.2, -0.15) is 0 Å². The molecule has 3 aliphatic heterocycles. The van der Waals surface area contributed by atoms with Crippen molar-refractivity contribution in [2.75, 3.05) is 12.3 Å². The number of nitrogens with one attached hydrogen (secondary N) is 1. The molecule has 2 N–H and O–H groups in total. The van der Waals surface area contributed by atoms with Crippen LogP contribution in [0.2, 0.25) is 0 Å². The van der Waals surface area contributed by atoms with Crippen LogP contribution in [0.3, 0.4) is 0 Å². The number of hydrogen-bond donors (Lipinski definition) is 2. The van der Waals surface area contributed by atoms with Gasteiger partial charge in [0.25, 0.3) is 5.91 Å². The van der Waals surface area contributed by atoms with Crippen LogP contribution in [0, 0.1) is 0 Å². The van der Waals surface area contributed by atoms with E-state index < -0.39 is 24.4 Å². The van der Waals surface area contributed by atoms with E-state index in [1.807, 2.05) is 35.2 Å². The van der Waals surface area contributed by atoms with Crippen LogP contribution in [0.1, 0.15) is 18.4 Å². The smallest absolute Gasteiger partial charge is 0.548 e. The Hall–Kier alpha value is -2.73. The van der Waals surface area contributed by atoms with Crippen LogP contribution in [-0.2, 0) is 25.7 Å². The maximum atomic E-state index is 11.9. The number of allylic oxidation sites excluding steroid dienone is 3. The molecule has 34 heavy (non-hydrogen) atoms. The summed E-state index contributed by atoms with van der Waals surface area (Å²) in [6, 6.07) is 3.68. The first-order valence-electron chi connectivity index (χ1n) is 10.2. The number of pyridine rings is 1. The molecule has 0 spiro atoms. The van der Waals surface area contributed by atoms with Gasteiger partial charge in [0.2, 0.25) is 5.91 Å². The number of β-lactam (4-membered cyclic amide) rings is 1. The fourth-order valence-electron chi connectivity index (χ4n) is 3.64. The van der Waals surface area contributed by atoms with Crippen LogP contribution < -0.4 is 44.5 Å². The van der Waals surface area contributed by atoms with E-state index in [2.05, 4.69) is 10.3 Å². The van der Waals surface area contributed by atoms with Crippen molar-refractivity contribution in [3.63, 3.8) is 0 Å². The van der Waals surface area contributed by atoms with E-state index in [1.165, 1.54) is 4.90 Å². The number of thioether (sulfide) groups is 1. The van der Waals surface area contributed by atoms with Crippen molar-refractivity contribution >= 4 is 46.9 Å². The molecule has 0 aromatic carbocycles. The number of carbonyl (C=O) groups excluding carboxylic acids is 3. The minimum Gasteiger partial charge on any atom is -0.548 e. The van der Waals surface area contributed by atoms with E-state index in [9.17, 15) is 29.4 Å². The molecule has 0 saturated carbocycles. The third-order valence-corrected chi connectivity index (χ3v) is 6.55. The summed E-state index contributed by atoms with van der Waals surface area (Å²) < 4.78 is 1.89. The maximum absolute atomic E-state index is 11.9. The molecule has 12 heteroatoms. The summed E-state index contributed by atoms with van der Waals surface area (Å²) in [5, 5.41) is 22.2. The van der Waals surface area contributed by atoms with E-state index in [-0.39, 0.29) is 52.2 Å². The van der Waals surface area contributed by atoms with Gasteiger partial charge in [0.1, 0.15) is 11.4 Å². The van der Waals surface area contributed by atoms with Gasteiger partial charge in [-0.15, -0.1) is 11.8 Å². The predicted molar refractivity (Wildman–Crippen MR) is 116 cm³/mol. The Labute approximate surface area is 221 Å². The molecule has 0 aliphatic carbocycles. The van der Waals surface area contributed by atoms with Crippen LogP contribution in [0.5, 0.6) is 0 Å². The molecule has 1 aromatic rings. The second-order valence-corrected chi connectivity index (χ2v) is 8.67. The van der Waals surface area contributed by atoms with E-state index in [1.54, 1.807) is 23.9 Å². The second kappa shape index (κ2) is 11.1. The number of carboxylic acids is 2. The molecule has 4 rings (SSSR count). The molecule has 1 atom stereocenters. The topological polar surface area (TPSA) is 143 Å². The minimum absolute atomic E-state index is 0. The summed E-state index contributed by atoms with van der Waals surface area (Å²) in [6.45, 7) is -0.0670. The van der Waals surface area contributed by atoms with Crippen molar-refractivity contribution in [2.24, 2.45) is 4.99 Å². The van der Waals surface area contributed by atoms with Crippen molar-refractivity contribution in [1.82, 2.24) is 10.2 Å². The van der Waals surface area contributed by atoms with Gasteiger partial charge in [-0.25, -0.2) is 14.4 Å². The standard InChI is InChI=1S/C22H20N4O6S.Na/c27-17-10-18-26(17)20(22(31)32)14(12-33-18)2-1-7-25-8-5-13(6-9-25)15-3-4-16(24-15)21(30)23-11-19(28)29;/h1-3,5-6,8-9,18H,4,7,10-12H2,(H2-,23,28,29,30,31,32);/q;+1/b2-1+;. The number of aromatic nitrogens is 1. The largest absolute Gasteiger partial charge is 1.00 e. The predicted octanol–water partition coefficient (Wildman–Crippen LogP) is -3.77. The summed E-state index contributed by atoms with van der Waals surface area (Å²) in [7, 11) is 0. The van der Waals surface area contributed by atoms with Crippen molar-refractivity contribution < 1.29 is 63.5 Å². The summed E-state index contributed by atoms with van der Waals surface area (Å²) in [4.78, 5) is 51.5. The van der Waals surface area contributed by atoms with Crippen molar-refractivity contribution in [2.45, 2.75) is 24.8 Å². The number of aliphatic imine (C=N–C) groups is 1. The van der Waals surface area contributed by atoms with Gasteiger partial charge < -0.3 is 20.3 Å². The Kier molecular flexibility index (Phi) is 8.47. The molecule has 0 radical (unpaired) electrons.